The minimum Gasteiger partial charge on any atom is -0.460 e. The molecule has 0 saturated heterocycles. The third kappa shape index (κ3) is 10.3. The largest absolute Gasteiger partial charge is 0.460 e. The van der Waals surface area contributed by atoms with Crippen LogP contribution < -0.4 is 0 Å². The van der Waals surface area contributed by atoms with E-state index < -0.39 is 0 Å². The maximum absolute atomic E-state index is 10.3. The van der Waals surface area contributed by atoms with Crippen LogP contribution >= 0.6 is 0 Å². The molecule has 0 radical (unpaired) electrons. The number of aliphatic imine (C=N–C) groups is 1. The summed E-state index contributed by atoms with van der Waals surface area (Å²) < 4.78 is 5.59. The molecule has 0 atom stereocenters. The number of esters is 1. The zero-order valence-electron chi connectivity index (χ0n) is 15.0. The van der Waals surface area contributed by atoms with E-state index in [0.717, 1.165) is 22.3 Å². The number of likely N-dealkylation sites (N-methyl/N-ethyl adjacent to an activating group) is 1. The highest BCUT2D eigenvalue weighted by Crippen LogP contribution is 2.09. The van der Waals surface area contributed by atoms with Crippen molar-refractivity contribution in [2.24, 2.45) is 4.99 Å². The summed E-state index contributed by atoms with van der Waals surface area (Å²) >= 11 is 0. The van der Waals surface area contributed by atoms with Crippen molar-refractivity contribution in [3.63, 3.8) is 0 Å². The van der Waals surface area contributed by atoms with Gasteiger partial charge in [-0.2, -0.15) is 0 Å². The number of hydrogen-bond acceptors (Lipinski definition) is 3. The van der Waals surface area contributed by atoms with E-state index in [4.69, 9.17) is 4.74 Å². The molecule has 0 aliphatic rings. The molecule has 0 aliphatic heterocycles. The highest BCUT2D eigenvalue weighted by Gasteiger charge is 2.06. The molecular weight excluding hydrogens is 300 g/mol. The first-order valence-corrected chi connectivity index (χ1v) is 7.95. The Morgan fingerprint density at radius 1 is 1.00 bits per heavy atom. The second kappa shape index (κ2) is 10.3. The number of nitrogens with zero attached hydrogens (tertiary/aromatic N) is 2. The molecule has 0 bridgehead atoms. The van der Waals surface area contributed by atoms with Gasteiger partial charge in [0.25, 0.3) is 0 Å². The number of hydrogen-bond donors (Lipinski definition) is 0. The summed E-state index contributed by atoms with van der Waals surface area (Å²) in [5.41, 5.74) is 2.10. The Morgan fingerprint density at radius 2 is 1.54 bits per heavy atom. The van der Waals surface area contributed by atoms with Crippen LogP contribution in [0.1, 0.15) is 12.5 Å². The average Bonchev–Trinajstić information content (AvgIpc) is 2.54. The molecule has 0 N–H and O–H groups in total. The summed E-state index contributed by atoms with van der Waals surface area (Å²) in [6, 6.07) is 20.0. The first-order chi connectivity index (χ1) is 11.4. The lowest BCUT2D eigenvalue weighted by atomic mass is 10.2. The Hall–Kier alpha value is -2.46. The summed E-state index contributed by atoms with van der Waals surface area (Å²) in [5, 5.41) is 0. The van der Waals surface area contributed by atoms with E-state index in [0.29, 0.717) is 6.61 Å². The summed E-state index contributed by atoms with van der Waals surface area (Å²) in [6.45, 7) is 2.80. The first-order valence-electron chi connectivity index (χ1n) is 7.95. The summed E-state index contributed by atoms with van der Waals surface area (Å²) in [7, 11) is 6.18. The van der Waals surface area contributed by atoms with Crippen molar-refractivity contribution in [2.45, 2.75) is 6.92 Å². The Morgan fingerprint density at radius 3 is 2.04 bits per heavy atom. The van der Waals surface area contributed by atoms with Gasteiger partial charge in [0.15, 0.2) is 0 Å². The van der Waals surface area contributed by atoms with Crippen LogP contribution in [0.4, 0.5) is 5.69 Å². The molecule has 4 nitrogen and oxygen atoms in total. The summed E-state index contributed by atoms with van der Waals surface area (Å²) in [5.74, 6) is -0.201. The maximum atomic E-state index is 10.3. The molecule has 0 saturated carbocycles. The van der Waals surface area contributed by atoms with Gasteiger partial charge < -0.3 is 9.22 Å². The van der Waals surface area contributed by atoms with Crippen molar-refractivity contribution in [3.05, 3.63) is 66.2 Å². The molecule has 128 valence electrons. The second-order valence-corrected chi connectivity index (χ2v) is 6.36. The number of carbonyl (C=O) groups excluding carboxylic acids is 1. The number of ether oxygens (including phenoxy) is 1. The Balaban J connectivity index is 0.000000257. The van der Waals surface area contributed by atoms with Gasteiger partial charge in [-0.05, 0) is 17.7 Å². The lowest BCUT2D eigenvalue weighted by Crippen LogP contribution is -2.37. The van der Waals surface area contributed by atoms with E-state index in [-0.39, 0.29) is 5.97 Å². The summed E-state index contributed by atoms with van der Waals surface area (Å²) in [6.07, 6.45) is 1.87. The molecule has 4 heteroatoms. The summed E-state index contributed by atoms with van der Waals surface area (Å²) in [4.78, 5) is 14.7. The van der Waals surface area contributed by atoms with Crippen molar-refractivity contribution in [3.8, 4) is 0 Å². The van der Waals surface area contributed by atoms with Gasteiger partial charge in [-0.1, -0.05) is 48.5 Å². The molecule has 0 aromatic heterocycles. The van der Waals surface area contributed by atoms with Gasteiger partial charge in [0.2, 0.25) is 0 Å². The minimum atomic E-state index is -0.201. The molecule has 0 amide bonds. The van der Waals surface area contributed by atoms with Gasteiger partial charge in [0, 0.05) is 13.1 Å². The van der Waals surface area contributed by atoms with Crippen LogP contribution in [-0.4, -0.2) is 51.0 Å². The predicted molar refractivity (Wildman–Crippen MR) is 99.7 cm³/mol. The van der Waals surface area contributed by atoms with Crippen molar-refractivity contribution in [2.75, 3.05) is 34.3 Å². The van der Waals surface area contributed by atoms with Crippen molar-refractivity contribution >= 4 is 17.9 Å². The number of para-hydroxylation sites is 1. The van der Waals surface area contributed by atoms with Crippen LogP contribution in [-0.2, 0) is 9.53 Å². The molecule has 0 aliphatic carbocycles. The van der Waals surface area contributed by atoms with E-state index >= 15 is 0 Å². The van der Waals surface area contributed by atoms with Crippen LogP contribution in [0.2, 0.25) is 0 Å². The highest BCUT2D eigenvalue weighted by atomic mass is 16.5. The van der Waals surface area contributed by atoms with Gasteiger partial charge >= 0.3 is 5.97 Å². The molecule has 2 aromatic rings. The first kappa shape index (κ1) is 19.6. The number of rotatable bonds is 5. The molecule has 0 spiro atoms. The van der Waals surface area contributed by atoms with Crippen molar-refractivity contribution in [1.29, 1.82) is 0 Å². The lowest BCUT2D eigenvalue weighted by Gasteiger charge is -2.23. The lowest BCUT2D eigenvalue weighted by molar-refractivity contribution is -0.870. The fourth-order valence-electron chi connectivity index (χ4n) is 1.67. The Bertz CT molecular complexity index is 576. The molecule has 2 rings (SSSR count). The average molecular weight is 327 g/mol. The monoisotopic (exact) mass is 327 g/mol. The van der Waals surface area contributed by atoms with E-state index in [1.165, 1.54) is 6.92 Å². The molecule has 0 heterocycles. The standard InChI is InChI=1S/C13H11N.C7H16NO2/c1-3-7-12(8-4-1)11-14-13-9-5-2-6-10-13;1-7(9)10-6-5-8(2,3)4/h1-11H;5-6H2,1-4H3/q;+1/b14-11+;. The van der Waals surface area contributed by atoms with E-state index in [1.807, 2.05) is 66.9 Å². The third-order valence-corrected chi connectivity index (χ3v) is 2.99. The van der Waals surface area contributed by atoms with Crippen molar-refractivity contribution in [1.82, 2.24) is 0 Å². The normalized spacial score (nSPS) is 10.8. The molecule has 0 fully saturated rings. The van der Waals surface area contributed by atoms with Crippen LogP contribution in [0, 0.1) is 0 Å². The smallest absolute Gasteiger partial charge is 0.302 e. The van der Waals surface area contributed by atoms with Crippen LogP contribution in [0.5, 0.6) is 0 Å². The maximum Gasteiger partial charge on any atom is 0.302 e. The van der Waals surface area contributed by atoms with Gasteiger partial charge in [-0.25, -0.2) is 0 Å². The van der Waals surface area contributed by atoms with E-state index in [1.54, 1.807) is 0 Å². The topological polar surface area (TPSA) is 38.7 Å². The fraction of sp³-hybridized carbons (Fsp3) is 0.300. The predicted octanol–water partition coefficient (Wildman–Crippen LogP) is 3.69. The van der Waals surface area contributed by atoms with Crippen LogP contribution in [0.25, 0.3) is 0 Å². The zero-order valence-corrected chi connectivity index (χ0v) is 15.0. The SMILES string of the molecule is C(=N\c1ccccc1)/c1ccccc1.CC(=O)OCC[N+](C)(C)C. The quantitative estimate of drug-likeness (QED) is 0.477. The molecule has 2 aromatic carbocycles. The van der Waals surface area contributed by atoms with Gasteiger partial charge in [-0.3, -0.25) is 9.79 Å². The highest BCUT2D eigenvalue weighted by molar-refractivity contribution is 5.81. The van der Waals surface area contributed by atoms with Crippen molar-refractivity contribution < 1.29 is 14.0 Å². The van der Waals surface area contributed by atoms with E-state index in [9.17, 15) is 4.79 Å². The van der Waals surface area contributed by atoms with Crippen LogP contribution in [0.15, 0.2) is 65.7 Å². The number of carbonyl (C=O) groups is 1. The number of benzene rings is 2. The Kier molecular flexibility index (Phi) is 8.44. The zero-order chi connectivity index (χ0) is 17.8. The number of quaternary nitrogens is 1. The van der Waals surface area contributed by atoms with Gasteiger partial charge in [-0.15, -0.1) is 0 Å². The fourth-order valence-corrected chi connectivity index (χ4v) is 1.67. The Labute approximate surface area is 145 Å². The second-order valence-electron chi connectivity index (χ2n) is 6.36. The van der Waals surface area contributed by atoms with Crippen LogP contribution in [0.3, 0.4) is 0 Å². The van der Waals surface area contributed by atoms with Gasteiger partial charge in [0.05, 0.1) is 26.8 Å². The third-order valence-electron chi connectivity index (χ3n) is 2.99. The molecular formula is C20H27N2O2+. The minimum absolute atomic E-state index is 0.201. The molecule has 0 unspecified atom stereocenters. The van der Waals surface area contributed by atoms with Gasteiger partial charge in [0.1, 0.15) is 13.2 Å². The van der Waals surface area contributed by atoms with E-state index in [2.05, 4.69) is 26.1 Å². The molecule has 24 heavy (non-hydrogen) atoms.